The van der Waals surface area contributed by atoms with Crippen LogP contribution in [0.3, 0.4) is 0 Å². The van der Waals surface area contributed by atoms with Gasteiger partial charge in [-0.15, -0.1) is 0 Å². The Kier molecular flexibility index (Phi) is 3.20. The first-order chi connectivity index (χ1) is 11.3. The van der Waals surface area contributed by atoms with Crippen LogP contribution in [0.2, 0.25) is 0 Å². The minimum atomic E-state index is 0.766. The second kappa shape index (κ2) is 5.36. The molecule has 23 heavy (non-hydrogen) atoms. The van der Waals surface area contributed by atoms with Gasteiger partial charge in [0.15, 0.2) is 6.29 Å². The number of aryl methyl sites for hydroxylation is 1. The van der Waals surface area contributed by atoms with Gasteiger partial charge in [0, 0.05) is 5.56 Å². The van der Waals surface area contributed by atoms with Gasteiger partial charge >= 0.3 is 0 Å². The first-order valence-corrected chi connectivity index (χ1v) is 7.75. The van der Waals surface area contributed by atoms with Crippen LogP contribution in [0.15, 0.2) is 72.8 Å². The zero-order valence-electron chi connectivity index (χ0n) is 12.9. The van der Waals surface area contributed by atoms with Crippen molar-refractivity contribution in [1.82, 2.24) is 0 Å². The second-order valence-electron chi connectivity index (χ2n) is 5.84. The average Bonchev–Trinajstić information content (AvgIpc) is 2.61. The van der Waals surface area contributed by atoms with Crippen LogP contribution in [0.5, 0.6) is 0 Å². The van der Waals surface area contributed by atoms with E-state index >= 15 is 0 Å². The van der Waals surface area contributed by atoms with Gasteiger partial charge in [-0.25, -0.2) is 0 Å². The molecule has 0 heterocycles. The molecule has 0 N–H and O–H groups in total. The Bertz CT molecular complexity index is 1040. The van der Waals surface area contributed by atoms with Crippen molar-refractivity contribution in [3.8, 4) is 11.1 Å². The molecule has 0 aliphatic heterocycles. The van der Waals surface area contributed by atoms with Crippen molar-refractivity contribution < 1.29 is 4.79 Å². The summed E-state index contributed by atoms with van der Waals surface area (Å²) in [5.41, 5.74) is 4.11. The highest BCUT2D eigenvalue weighted by Gasteiger charge is 2.13. The minimum absolute atomic E-state index is 0.766. The molecule has 0 radical (unpaired) electrons. The van der Waals surface area contributed by atoms with Crippen molar-refractivity contribution in [3.05, 3.63) is 83.9 Å². The van der Waals surface area contributed by atoms with E-state index in [-0.39, 0.29) is 0 Å². The highest BCUT2D eigenvalue weighted by Crippen LogP contribution is 2.36. The first-order valence-electron chi connectivity index (χ1n) is 7.75. The highest BCUT2D eigenvalue weighted by molar-refractivity contribution is 6.09. The summed E-state index contributed by atoms with van der Waals surface area (Å²) in [6.07, 6.45) is 0.985. The van der Waals surface area contributed by atoms with Gasteiger partial charge in [0.05, 0.1) is 0 Å². The van der Waals surface area contributed by atoms with Gasteiger partial charge in [0.25, 0.3) is 0 Å². The van der Waals surface area contributed by atoms with Gasteiger partial charge in [-0.2, -0.15) is 0 Å². The number of fused-ring (bicyclic) bond motifs is 2. The molecule has 0 amide bonds. The summed E-state index contributed by atoms with van der Waals surface area (Å²) in [7, 11) is 0. The number of carbonyl (C=O) groups excluding carboxylic acids is 1. The molecular formula is C22H16O. The number of rotatable bonds is 2. The summed E-state index contributed by atoms with van der Waals surface area (Å²) in [5, 5.41) is 4.48. The molecule has 0 spiro atoms. The highest BCUT2D eigenvalue weighted by atomic mass is 16.1. The monoisotopic (exact) mass is 296 g/mol. The standard InChI is InChI=1S/C22H16O/c1-15-10-11-17-7-3-5-9-19(17)22(15)20-13-12-16-6-2-4-8-18(16)21(20)14-23/h2-14H,1H3. The molecule has 0 saturated heterocycles. The molecule has 0 aliphatic rings. The molecular weight excluding hydrogens is 280 g/mol. The Morgan fingerprint density at radius 2 is 1.30 bits per heavy atom. The van der Waals surface area contributed by atoms with E-state index in [4.69, 9.17) is 0 Å². The lowest BCUT2D eigenvalue weighted by atomic mass is 9.89. The van der Waals surface area contributed by atoms with Gasteiger partial charge < -0.3 is 0 Å². The lowest BCUT2D eigenvalue weighted by Gasteiger charge is -2.14. The number of aldehydes is 1. The zero-order valence-corrected chi connectivity index (χ0v) is 12.9. The van der Waals surface area contributed by atoms with Crippen LogP contribution < -0.4 is 0 Å². The van der Waals surface area contributed by atoms with Crippen molar-refractivity contribution in [3.63, 3.8) is 0 Å². The van der Waals surface area contributed by atoms with Crippen LogP contribution >= 0.6 is 0 Å². The Labute approximate surface area is 135 Å². The van der Waals surface area contributed by atoms with E-state index < -0.39 is 0 Å². The fourth-order valence-electron chi connectivity index (χ4n) is 3.38. The average molecular weight is 296 g/mol. The van der Waals surface area contributed by atoms with E-state index in [0.29, 0.717) is 0 Å². The van der Waals surface area contributed by atoms with Crippen LogP contribution in [0.4, 0.5) is 0 Å². The van der Waals surface area contributed by atoms with Crippen molar-refractivity contribution >= 4 is 27.8 Å². The van der Waals surface area contributed by atoms with Crippen LogP contribution in [0.25, 0.3) is 32.7 Å². The molecule has 0 aromatic heterocycles. The molecule has 1 heteroatoms. The number of benzene rings is 4. The Hall–Kier alpha value is -2.93. The molecule has 0 unspecified atom stereocenters. The van der Waals surface area contributed by atoms with Gasteiger partial charge in [0.1, 0.15) is 0 Å². The van der Waals surface area contributed by atoms with E-state index in [1.54, 1.807) is 0 Å². The molecule has 0 bridgehead atoms. The summed E-state index contributed by atoms with van der Waals surface area (Å²) < 4.78 is 0. The summed E-state index contributed by atoms with van der Waals surface area (Å²) in [4.78, 5) is 11.9. The fraction of sp³-hybridized carbons (Fsp3) is 0.0455. The second-order valence-corrected chi connectivity index (χ2v) is 5.84. The smallest absolute Gasteiger partial charge is 0.151 e. The van der Waals surface area contributed by atoms with Crippen LogP contribution in [-0.4, -0.2) is 6.29 Å². The third-order valence-corrected chi connectivity index (χ3v) is 4.50. The third-order valence-electron chi connectivity index (χ3n) is 4.50. The predicted molar refractivity (Wildman–Crippen MR) is 97.0 cm³/mol. The number of hydrogen-bond donors (Lipinski definition) is 0. The Balaban J connectivity index is 2.15. The summed E-state index contributed by atoms with van der Waals surface area (Å²) in [5.74, 6) is 0. The first kappa shape index (κ1) is 13.7. The normalized spacial score (nSPS) is 11.0. The predicted octanol–water partition coefficient (Wildman–Crippen LogP) is 5.78. The quantitative estimate of drug-likeness (QED) is 0.428. The maximum absolute atomic E-state index is 11.9. The summed E-state index contributed by atoms with van der Waals surface area (Å²) >= 11 is 0. The molecule has 4 aromatic rings. The SMILES string of the molecule is Cc1ccc2ccccc2c1-c1ccc2ccccc2c1C=O. The topological polar surface area (TPSA) is 17.1 Å². The van der Waals surface area contributed by atoms with Gasteiger partial charge in [-0.3, -0.25) is 4.79 Å². The minimum Gasteiger partial charge on any atom is -0.298 e. The molecule has 0 saturated carbocycles. The van der Waals surface area contributed by atoms with Crippen LogP contribution in [-0.2, 0) is 0 Å². The maximum atomic E-state index is 11.9. The molecule has 0 atom stereocenters. The summed E-state index contributed by atoms with van der Waals surface area (Å²) in [6, 6.07) is 24.8. The maximum Gasteiger partial charge on any atom is 0.151 e. The number of carbonyl (C=O) groups is 1. The van der Waals surface area contributed by atoms with Crippen molar-refractivity contribution in [1.29, 1.82) is 0 Å². The Morgan fingerprint density at radius 3 is 2.04 bits per heavy atom. The van der Waals surface area contributed by atoms with Crippen molar-refractivity contribution in [2.45, 2.75) is 6.92 Å². The van der Waals surface area contributed by atoms with Gasteiger partial charge in [-0.05, 0) is 45.2 Å². The largest absolute Gasteiger partial charge is 0.298 e. The van der Waals surface area contributed by atoms with E-state index in [9.17, 15) is 4.79 Å². The summed E-state index contributed by atoms with van der Waals surface area (Å²) in [6.45, 7) is 2.10. The van der Waals surface area contributed by atoms with Gasteiger partial charge in [-0.1, -0.05) is 72.8 Å². The van der Waals surface area contributed by atoms with Gasteiger partial charge in [0.2, 0.25) is 0 Å². The zero-order chi connectivity index (χ0) is 15.8. The molecule has 4 aromatic carbocycles. The van der Waals surface area contributed by atoms with Crippen LogP contribution in [0, 0.1) is 6.92 Å². The van der Waals surface area contributed by atoms with Crippen molar-refractivity contribution in [2.24, 2.45) is 0 Å². The van der Waals surface area contributed by atoms with E-state index in [2.05, 4.69) is 43.3 Å². The Morgan fingerprint density at radius 1 is 0.696 bits per heavy atom. The lowest BCUT2D eigenvalue weighted by Crippen LogP contribution is -1.93. The fourth-order valence-corrected chi connectivity index (χ4v) is 3.38. The molecule has 0 fully saturated rings. The molecule has 110 valence electrons. The van der Waals surface area contributed by atoms with Crippen molar-refractivity contribution in [2.75, 3.05) is 0 Å². The van der Waals surface area contributed by atoms with Crippen LogP contribution in [0.1, 0.15) is 15.9 Å². The molecule has 4 rings (SSSR count). The molecule has 0 aliphatic carbocycles. The molecule has 1 nitrogen and oxygen atoms in total. The van der Waals surface area contributed by atoms with E-state index in [1.807, 2.05) is 36.4 Å². The lowest BCUT2D eigenvalue weighted by molar-refractivity contribution is 0.112. The third kappa shape index (κ3) is 2.13. The van der Waals surface area contributed by atoms with E-state index in [1.165, 1.54) is 16.3 Å². The number of hydrogen-bond acceptors (Lipinski definition) is 1. The van der Waals surface area contributed by atoms with E-state index in [0.717, 1.165) is 33.7 Å².